The maximum Gasteiger partial charge on any atom is 0.472 e. The third-order valence-electron chi connectivity index (χ3n) is 18.9. The third-order valence-corrected chi connectivity index (χ3v) is 20.8. The summed E-state index contributed by atoms with van der Waals surface area (Å²) in [5.74, 6) is 0.210. The summed E-state index contributed by atoms with van der Waals surface area (Å²) in [5, 5.41) is 10.6. The van der Waals surface area contributed by atoms with Crippen LogP contribution < -0.4 is 0 Å². The molecule has 0 saturated heterocycles. The van der Waals surface area contributed by atoms with Gasteiger partial charge in [0.1, 0.15) is 19.3 Å². The molecule has 0 rings (SSSR count). The summed E-state index contributed by atoms with van der Waals surface area (Å²) in [6.45, 7) is 12.0. The molecule has 3 N–H and O–H groups in total. The Hall–Kier alpha value is -1.94. The minimum Gasteiger partial charge on any atom is -0.462 e. The molecule has 0 aromatic carbocycles. The number of aliphatic hydroxyl groups excluding tert-OH is 1. The molecule has 0 fully saturated rings. The van der Waals surface area contributed by atoms with Crippen LogP contribution in [-0.2, 0) is 65.4 Å². The van der Waals surface area contributed by atoms with Crippen molar-refractivity contribution in [2.75, 3.05) is 39.6 Å². The van der Waals surface area contributed by atoms with E-state index in [1.807, 2.05) is 0 Å². The van der Waals surface area contributed by atoms with Crippen LogP contribution in [0.25, 0.3) is 0 Å². The molecule has 0 aliphatic rings. The van der Waals surface area contributed by atoms with E-state index in [1.165, 1.54) is 231 Å². The topological polar surface area (TPSA) is 237 Å². The van der Waals surface area contributed by atoms with Crippen LogP contribution >= 0.6 is 15.6 Å². The fraction of sp³-hybridized carbons (Fsp3) is 0.951. The Kier molecular flexibility index (Phi) is 69.9. The summed E-state index contributed by atoms with van der Waals surface area (Å²) in [4.78, 5) is 73.1. The number of esters is 4. The quantitative estimate of drug-likeness (QED) is 0.0222. The molecule has 0 aliphatic heterocycles. The monoisotopic (exact) mass is 1470 g/mol. The van der Waals surface area contributed by atoms with Crippen molar-refractivity contribution >= 4 is 39.5 Å². The van der Waals surface area contributed by atoms with Gasteiger partial charge in [-0.2, -0.15) is 0 Å². The largest absolute Gasteiger partial charge is 0.472 e. The minimum absolute atomic E-state index is 0.107. The van der Waals surface area contributed by atoms with E-state index in [0.717, 1.165) is 108 Å². The molecule has 0 saturated carbocycles. The summed E-state index contributed by atoms with van der Waals surface area (Å²) in [6.07, 6.45) is 59.6. The molecule has 0 spiro atoms. The molecule has 0 aromatic heterocycles. The summed E-state index contributed by atoms with van der Waals surface area (Å²) in [7, 11) is -9.92. The second kappa shape index (κ2) is 71.3. The zero-order chi connectivity index (χ0) is 73.7. The smallest absolute Gasteiger partial charge is 0.462 e. The van der Waals surface area contributed by atoms with E-state index in [2.05, 4.69) is 48.5 Å². The Bertz CT molecular complexity index is 1940. The number of ether oxygens (including phenoxy) is 4. The predicted molar refractivity (Wildman–Crippen MR) is 409 cm³/mol. The molecule has 0 radical (unpaired) electrons. The lowest BCUT2D eigenvalue weighted by atomic mass is 10.0. The van der Waals surface area contributed by atoms with Crippen molar-refractivity contribution in [2.45, 2.75) is 439 Å². The molecular weight excluding hydrogens is 1310 g/mol. The first-order chi connectivity index (χ1) is 48.2. The first-order valence-corrected chi connectivity index (χ1v) is 44.8. The van der Waals surface area contributed by atoms with Crippen molar-refractivity contribution in [3.05, 3.63) is 0 Å². The third kappa shape index (κ3) is 74.3. The Morgan fingerprint density at radius 2 is 0.460 bits per heavy atom. The number of rotatable bonds is 79. The molecule has 17 nitrogen and oxygen atoms in total. The summed E-state index contributed by atoms with van der Waals surface area (Å²) in [5.41, 5.74) is 0. The highest BCUT2D eigenvalue weighted by molar-refractivity contribution is 7.47. The van der Waals surface area contributed by atoms with Crippen molar-refractivity contribution < 1.29 is 80.2 Å². The Balaban J connectivity index is 5.26. The molecule has 594 valence electrons. The first-order valence-electron chi connectivity index (χ1n) is 41.8. The Morgan fingerprint density at radius 1 is 0.270 bits per heavy atom. The Labute approximate surface area is 613 Å². The number of carbonyl (C=O) groups is 4. The fourth-order valence-corrected chi connectivity index (χ4v) is 14.1. The standard InChI is InChI=1S/C81H158O17P2/c1-8-9-10-11-12-13-14-15-17-23-29-34-43-50-57-64-81(86)98-77(69-92-79(84)63-56-49-42-37-36-40-47-54-61-74(6)7)71-96-100(89,90)94-67-75(82)66-93-99(87,88)95-70-76(68-91-78(83)62-55-48-41-33-28-25-20-22-27-32-39-46-53-60-73(4)5)97-80(85)65-58-51-44-35-30-24-19-16-18-21-26-31-38-45-52-59-72(2)3/h72-77,82H,8-71H2,1-7H3,(H,87,88)(H,89,90)/t75-,76-,77-/m1/s1. The van der Waals surface area contributed by atoms with Crippen molar-refractivity contribution in [3.8, 4) is 0 Å². The van der Waals surface area contributed by atoms with Gasteiger partial charge in [0.2, 0.25) is 0 Å². The average Bonchev–Trinajstić information content (AvgIpc) is 1.01. The van der Waals surface area contributed by atoms with Gasteiger partial charge in [-0.3, -0.25) is 37.3 Å². The normalized spacial score (nSPS) is 14.0. The molecular formula is C81H158O17P2. The molecule has 0 heterocycles. The number of hydrogen-bond donors (Lipinski definition) is 3. The number of carbonyl (C=O) groups excluding carboxylic acids is 4. The number of unbranched alkanes of at least 4 members (excludes halogenated alkanes) is 47. The molecule has 0 aromatic rings. The molecule has 0 aliphatic carbocycles. The van der Waals surface area contributed by atoms with E-state index < -0.39 is 97.5 Å². The van der Waals surface area contributed by atoms with Gasteiger partial charge >= 0.3 is 39.5 Å². The maximum absolute atomic E-state index is 13.1. The van der Waals surface area contributed by atoms with Crippen LogP contribution in [0, 0.1) is 17.8 Å². The van der Waals surface area contributed by atoms with Gasteiger partial charge in [0, 0.05) is 25.7 Å². The van der Waals surface area contributed by atoms with E-state index in [4.69, 9.17) is 37.0 Å². The van der Waals surface area contributed by atoms with Crippen LogP contribution in [0.2, 0.25) is 0 Å². The average molecular weight is 1470 g/mol. The Morgan fingerprint density at radius 3 is 0.680 bits per heavy atom. The number of hydrogen-bond acceptors (Lipinski definition) is 15. The van der Waals surface area contributed by atoms with Crippen LogP contribution in [0.1, 0.15) is 421 Å². The van der Waals surface area contributed by atoms with Gasteiger partial charge < -0.3 is 33.8 Å². The van der Waals surface area contributed by atoms with Crippen LogP contribution in [0.15, 0.2) is 0 Å². The van der Waals surface area contributed by atoms with Crippen LogP contribution in [0.5, 0.6) is 0 Å². The molecule has 5 atom stereocenters. The van der Waals surface area contributed by atoms with Crippen LogP contribution in [0.4, 0.5) is 0 Å². The molecule has 100 heavy (non-hydrogen) atoms. The molecule has 0 bridgehead atoms. The molecule has 2 unspecified atom stereocenters. The van der Waals surface area contributed by atoms with Crippen molar-refractivity contribution in [3.63, 3.8) is 0 Å². The maximum atomic E-state index is 13.1. The SMILES string of the molecule is CCCCCCCCCCCCCCCCCC(=O)O[C@H](COC(=O)CCCCCCCCCCC(C)C)COP(=O)(O)OC[C@H](O)COP(=O)(O)OC[C@@H](COC(=O)CCCCCCCCCCCCCCCC(C)C)OC(=O)CCCCCCCCCCCCCCCCCC(C)C. The molecule has 0 amide bonds. The predicted octanol–water partition coefficient (Wildman–Crippen LogP) is 24.1. The van der Waals surface area contributed by atoms with Gasteiger partial charge in [0.05, 0.1) is 26.4 Å². The van der Waals surface area contributed by atoms with E-state index in [-0.39, 0.29) is 25.7 Å². The van der Waals surface area contributed by atoms with Crippen molar-refractivity contribution in [1.29, 1.82) is 0 Å². The zero-order valence-electron chi connectivity index (χ0n) is 65.7. The van der Waals surface area contributed by atoms with Crippen molar-refractivity contribution in [2.24, 2.45) is 17.8 Å². The van der Waals surface area contributed by atoms with Gasteiger partial charge in [-0.25, -0.2) is 9.13 Å². The van der Waals surface area contributed by atoms with E-state index in [9.17, 15) is 43.2 Å². The van der Waals surface area contributed by atoms with Crippen molar-refractivity contribution in [1.82, 2.24) is 0 Å². The van der Waals surface area contributed by atoms with Crippen LogP contribution in [0.3, 0.4) is 0 Å². The second-order valence-corrected chi connectivity index (χ2v) is 33.5. The van der Waals surface area contributed by atoms with Crippen LogP contribution in [-0.4, -0.2) is 96.7 Å². The van der Waals surface area contributed by atoms with Gasteiger partial charge in [-0.1, -0.05) is 370 Å². The number of phosphoric acid groups is 2. The highest BCUT2D eigenvalue weighted by Gasteiger charge is 2.30. The highest BCUT2D eigenvalue weighted by atomic mass is 31.2. The summed E-state index contributed by atoms with van der Waals surface area (Å²) in [6, 6.07) is 0. The van der Waals surface area contributed by atoms with E-state index >= 15 is 0 Å². The first kappa shape index (κ1) is 98.1. The van der Waals surface area contributed by atoms with E-state index in [1.54, 1.807) is 0 Å². The lowest BCUT2D eigenvalue weighted by molar-refractivity contribution is -0.161. The zero-order valence-corrected chi connectivity index (χ0v) is 67.5. The number of aliphatic hydroxyl groups is 1. The highest BCUT2D eigenvalue weighted by Crippen LogP contribution is 2.45. The summed E-state index contributed by atoms with van der Waals surface area (Å²) >= 11 is 0. The van der Waals surface area contributed by atoms with Gasteiger partial charge in [-0.05, 0) is 43.4 Å². The van der Waals surface area contributed by atoms with Gasteiger partial charge in [0.25, 0.3) is 0 Å². The van der Waals surface area contributed by atoms with E-state index in [0.29, 0.717) is 25.7 Å². The fourth-order valence-electron chi connectivity index (χ4n) is 12.5. The van der Waals surface area contributed by atoms with Gasteiger partial charge in [0.15, 0.2) is 12.2 Å². The summed E-state index contributed by atoms with van der Waals surface area (Å²) < 4.78 is 68.7. The molecule has 19 heteroatoms. The second-order valence-electron chi connectivity index (χ2n) is 30.6. The lowest BCUT2D eigenvalue weighted by Crippen LogP contribution is -2.30. The minimum atomic E-state index is -4.96. The van der Waals surface area contributed by atoms with Gasteiger partial charge in [-0.15, -0.1) is 0 Å². The number of phosphoric ester groups is 2. The lowest BCUT2D eigenvalue weighted by Gasteiger charge is -2.21.